The van der Waals surface area contributed by atoms with Crippen molar-refractivity contribution in [1.29, 1.82) is 0 Å². The normalized spacial score (nSPS) is 14.2. The molecule has 5 heteroatoms. The van der Waals surface area contributed by atoms with Crippen LogP contribution in [0.4, 0.5) is 4.39 Å². The first-order valence-electron chi connectivity index (χ1n) is 6.95. The molecule has 3 nitrogen and oxygen atoms in total. The molecule has 1 heterocycles. The average Bonchev–Trinajstić information content (AvgIpc) is 3.28. The third kappa shape index (κ3) is 3.93. The molecular formula is C16H16ClFN2O. The summed E-state index contributed by atoms with van der Waals surface area (Å²) >= 11 is 6.25. The van der Waals surface area contributed by atoms with Crippen molar-refractivity contribution in [3.05, 3.63) is 58.6 Å². The SMILES string of the molecule is Fc1cncc(COc2cccc(Cl)c2CNC2CC2)c1. The van der Waals surface area contributed by atoms with Gasteiger partial charge in [0.05, 0.1) is 6.20 Å². The molecule has 1 saturated carbocycles. The van der Waals surface area contributed by atoms with Crippen LogP contribution in [0.3, 0.4) is 0 Å². The van der Waals surface area contributed by atoms with E-state index < -0.39 is 0 Å². The van der Waals surface area contributed by atoms with Gasteiger partial charge in [0.15, 0.2) is 0 Å². The highest BCUT2D eigenvalue weighted by Crippen LogP contribution is 2.28. The van der Waals surface area contributed by atoms with Gasteiger partial charge < -0.3 is 10.1 Å². The zero-order valence-electron chi connectivity index (χ0n) is 11.5. The summed E-state index contributed by atoms with van der Waals surface area (Å²) in [7, 11) is 0. The van der Waals surface area contributed by atoms with Crippen LogP contribution in [0.2, 0.25) is 5.02 Å². The maximum atomic E-state index is 13.1. The van der Waals surface area contributed by atoms with E-state index >= 15 is 0 Å². The summed E-state index contributed by atoms with van der Waals surface area (Å²) in [4.78, 5) is 3.81. The molecule has 1 aliphatic carbocycles. The third-order valence-electron chi connectivity index (χ3n) is 3.38. The lowest BCUT2D eigenvalue weighted by Gasteiger charge is -2.13. The molecule has 0 bridgehead atoms. The number of aromatic nitrogens is 1. The van der Waals surface area contributed by atoms with E-state index in [0.29, 0.717) is 23.2 Å². The lowest BCUT2D eigenvalue weighted by molar-refractivity contribution is 0.301. The molecule has 3 rings (SSSR count). The maximum Gasteiger partial charge on any atom is 0.141 e. The van der Waals surface area contributed by atoms with Crippen molar-refractivity contribution >= 4 is 11.6 Å². The largest absolute Gasteiger partial charge is 0.488 e. The van der Waals surface area contributed by atoms with Crippen LogP contribution < -0.4 is 10.1 Å². The minimum atomic E-state index is -0.363. The fourth-order valence-electron chi connectivity index (χ4n) is 2.08. The van der Waals surface area contributed by atoms with Gasteiger partial charge in [0, 0.05) is 34.9 Å². The number of rotatable bonds is 6. The molecule has 21 heavy (non-hydrogen) atoms. The predicted molar refractivity (Wildman–Crippen MR) is 79.8 cm³/mol. The van der Waals surface area contributed by atoms with E-state index in [1.807, 2.05) is 18.2 Å². The number of nitrogens with one attached hydrogen (secondary N) is 1. The Kier molecular flexibility index (Phi) is 4.36. The van der Waals surface area contributed by atoms with Gasteiger partial charge in [-0.3, -0.25) is 4.98 Å². The second-order valence-corrected chi connectivity index (χ2v) is 5.58. The van der Waals surface area contributed by atoms with Crippen LogP contribution >= 0.6 is 11.6 Å². The van der Waals surface area contributed by atoms with Gasteiger partial charge in [0.2, 0.25) is 0 Å². The monoisotopic (exact) mass is 306 g/mol. The molecule has 1 aromatic heterocycles. The maximum absolute atomic E-state index is 13.1. The lowest BCUT2D eigenvalue weighted by atomic mass is 10.2. The zero-order chi connectivity index (χ0) is 14.7. The molecule has 0 atom stereocenters. The Balaban J connectivity index is 1.70. The summed E-state index contributed by atoms with van der Waals surface area (Å²) in [6.07, 6.45) is 5.20. The van der Waals surface area contributed by atoms with Crippen molar-refractivity contribution in [3.8, 4) is 5.75 Å². The molecule has 110 valence electrons. The van der Waals surface area contributed by atoms with Crippen LogP contribution in [0.25, 0.3) is 0 Å². The van der Waals surface area contributed by atoms with Crippen molar-refractivity contribution < 1.29 is 9.13 Å². The Labute approximate surface area is 128 Å². The minimum Gasteiger partial charge on any atom is -0.488 e. The first-order chi connectivity index (χ1) is 10.2. The fourth-order valence-corrected chi connectivity index (χ4v) is 2.31. The van der Waals surface area contributed by atoms with Crippen molar-refractivity contribution in [2.24, 2.45) is 0 Å². The molecule has 1 N–H and O–H groups in total. The standard InChI is InChI=1S/C16H16ClFN2O/c17-15-2-1-3-16(14(15)9-20-13-4-5-13)21-10-11-6-12(18)8-19-7-11/h1-3,6-8,13,20H,4-5,9-10H2. The number of halogens is 2. The molecule has 0 amide bonds. The van der Waals surface area contributed by atoms with E-state index in [0.717, 1.165) is 11.3 Å². The van der Waals surface area contributed by atoms with Crippen molar-refractivity contribution in [2.45, 2.75) is 32.0 Å². The Morgan fingerprint density at radius 1 is 1.33 bits per heavy atom. The third-order valence-corrected chi connectivity index (χ3v) is 3.73. The van der Waals surface area contributed by atoms with Crippen LogP contribution in [0.1, 0.15) is 24.0 Å². The first-order valence-corrected chi connectivity index (χ1v) is 7.33. The summed E-state index contributed by atoms with van der Waals surface area (Å²) < 4.78 is 18.9. The molecule has 0 saturated heterocycles. The van der Waals surface area contributed by atoms with Gasteiger partial charge in [-0.2, -0.15) is 0 Å². The van der Waals surface area contributed by atoms with Gasteiger partial charge in [-0.15, -0.1) is 0 Å². The highest BCUT2D eigenvalue weighted by atomic mass is 35.5. The second-order valence-electron chi connectivity index (χ2n) is 5.17. The van der Waals surface area contributed by atoms with E-state index in [-0.39, 0.29) is 12.4 Å². The Morgan fingerprint density at radius 3 is 2.95 bits per heavy atom. The summed E-state index contributed by atoms with van der Waals surface area (Å²) in [5, 5.41) is 4.10. The van der Waals surface area contributed by atoms with Gasteiger partial charge in [0.25, 0.3) is 0 Å². The Hall–Kier alpha value is -1.65. The predicted octanol–water partition coefficient (Wildman–Crippen LogP) is 3.71. The minimum absolute atomic E-state index is 0.265. The van der Waals surface area contributed by atoms with Crippen LogP contribution in [-0.2, 0) is 13.2 Å². The number of nitrogens with zero attached hydrogens (tertiary/aromatic N) is 1. The number of pyridine rings is 1. The number of hydrogen-bond acceptors (Lipinski definition) is 3. The van der Waals surface area contributed by atoms with Gasteiger partial charge in [-0.25, -0.2) is 4.39 Å². The molecule has 1 fully saturated rings. The smallest absolute Gasteiger partial charge is 0.141 e. The quantitative estimate of drug-likeness (QED) is 0.883. The topological polar surface area (TPSA) is 34.1 Å². The van der Waals surface area contributed by atoms with E-state index in [2.05, 4.69) is 10.3 Å². The molecular weight excluding hydrogens is 291 g/mol. The van der Waals surface area contributed by atoms with Crippen LogP contribution in [0, 0.1) is 5.82 Å². The second kappa shape index (κ2) is 6.41. The van der Waals surface area contributed by atoms with Crippen LogP contribution in [0.15, 0.2) is 36.7 Å². The highest BCUT2D eigenvalue weighted by molar-refractivity contribution is 6.31. The lowest BCUT2D eigenvalue weighted by Crippen LogP contribution is -2.16. The molecule has 1 aromatic carbocycles. The number of ether oxygens (including phenoxy) is 1. The van der Waals surface area contributed by atoms with E-state index in [1.54, 1.807) is 6.20 Å². The molecule has 0 spiro atoms. The van der Waals surface area contributed by atoms with Gasteiger partial charge in [-0.05, 0) is 31.0 Å². The number of hydrogen-bond donors (Lipinski definition) is 1. The average molecular weight is 307 g/mol. The molecule has 2 aromatic rings. The first kappa shape index (κ1) is 14.3. The summed E-state index contributed by atoms with van der Waals surface area (Å²) in [6.45, 7) is 0.947. The van der Waals surface area contributed by atoms with Gasteiger partial charge in [0.1, 0.15) is 18.2 Å². The summed E-state index contributed by atoms with van der Waals surface area (Å²) in [5.41, 5.74) is 1.63. The molecule has 0 radical (unpaired) electrons. The van der Waals surface area contributed by atoms with Gasteiger partial charge in [-0.1, -0.05) is 17.7 Å². The highest BCUT2D eigenvalue weighted by Gasteiger charge is 2.21. The Morgan fingerprint density at radius 2 is 2.19 bits per heavy atom. The van der Waals surface area contributed by atoms with Crippen molar-refractivity contribution in [3.63, 3.8) is 0 Å². The van der Waals surface area contributed by atoms with E-state index in [1.165, 1.54) is 25.1 Å². The van der Waals surface area contributed by atoms with Crippen molar-refractivity contribution in [2.75, 3.05) is 0 Å². The van der Waals surface area contributed by atoms with Crippen LogP contribution in [-0.4, -0.2) is 11.0 Å². The molecule has 0 aliphatic heterocycles. The number of benzene rings is 1. The molecule has 1 aliphatic rings. The van der Waals surface area contributed by atoms with Gasteiger partial charge >= 0.3 is 0 Å². The van der Waals surface area contributed by atoms with E-state index in [4.69, 9.17) is 16.3 Å². The summed E-state index contributed by atoms with van der Waals surface area (Å²) in [5.74, 6) is 0.359. The van der Waals surface area contributed by atoms with Crippen LogP contribution in [0.5, 0.6) is 5.75 Å². The zero-order valence-corrected chi connectivity index (χ0v) is 12.2. The fraction of sp³-hybridized carbons (Fsp3) is 0.312. The molecule has 0 unspecified atom stereocenters. The Bertz CT molecular complexity index is 631. The van der Waals surface area contributed by atoms with E-state index in [9.17, 15) is 4.39 Å². The summed E-state index contributed by atoms with van der Waals surface area (Å²) in [6, 6.07) is 7.59. The van der Waals surface area contributed by atoms with Crippen molar-refractivity contribution in [1.82, 2.24) is 10.3 Å².